The van der Waals surface area contributed by atoms with Gasteiger partial charge in [0.25, 0.3) is 0 Å². The van der Waals surface area contributed by atoms with Crippen LogP contribution in [0.1, 0.15) is 6.42 Å². The molecule has 0 bridgehead atoms. The van der Waals surface area contributed by atoms with Gasteiger partial charge in [0, 0.05) is 28.7 Å². The van der Waals surface area contributed by atoms with Crippen LogP contribution in [-0.2, 0) is 0 Å². The van der Waals surface area contributed by atoms with E-state index >= 15 is 0 Å². The van der Waals surface area contributed by atoms with Gasteiger partial charge < -0.3 is 9.15 Å². The molecule has 0 saturated carbocycles. The summed E-state index contributed by atoms with van der Waals surface area (Å²) >= 11 is 3.32. The zero-order chi connectivity index (χ0) is 15.4. The molecule has 4 nitrogen and oxygen atoms in total. The average molecular weight is 360 g/mol. The third kappa shape index (κ3) is 3.20. The number of hydrogen-bond acceptors (Lipinski definition) is 4. The van der Waals surface area contributed by atoms with Crippen molar-refractivity contribution in [3.05, 3.63) is 59.2 Å². The molecule has 0 spiro atoms. The summed E-state index contributed by atoms with van der Waals surface area (Å²) in [5.74, 6) is 0.252. The van der Waals surface area contributed by atoms with Crippen molar-refractivity contribution in [1.29, 1.82) is 0 Å². The first-order valence-electron chi connectivity index (χ1n) is 6.95. The van der Waals surface area contributed by atoms with Crippen molar-refractivity contribution in [3.8, 4) is 16.9 Å². The van der Waals surface area contributed by atoms with Crippen molar-refractivity contribution < 1.29 is 9.15 Å². The molecule has 0 amide bonds. The molecule has 0 N–H and O–H groups in total. The molecule has 0 saturated heterocycles. The summed E-state index contributed by atoms with van der Waals surface area (Å²) in [6, 6.07) is 11.3. The standard InChI is InChI=1S/C17H14BrNO3/c18-6-2-8-21-16-10-13-5-4-12(9-15(13)22-17(16)20)14-3-1-7-19-11-14/h1,3-5,7,9-11H,2,6,8H2. The smallest absolute Gasteiger partial charge is 0.379 e. The van der Waals surface area contributed by atoms with E-state index in [9.17, 15) is 4.79 Å². The molecule has 0 atom stereocenters. The van der Waals surface area contributed by atoms with Gasteiger partial charge in [0.15, 0.2) is 0 Å². The van der Waals surface area contributed by atoms with E-state index in [1.807, 2.05) is 30.3 Å². The first-order chi connectivity index (χ1) is 10.8. The average Bonchev–Trinajstić information content (AvgIpc) is 2.56. The topological polar surface area (TPSA) is 52.3 Å². The minimum absolute atomic E-state index is 0.252. The molecular formula is C17H14BrNO3. The Hall–Kier alpha value is -2.14. The SMILES string of the molecule is O=c1oc2cc(-c3cccnc3)ccc2cc1OCCCBr. The lowest BCUT2D eigenvalue weighted by Crippen LogP contribution is -2.08. The Morgan fingerprint density at radius 1 is 1.18 bits per heavy atom. The maximum Gasteiger partial charge on any atom is 0.379 e. The monoisotopic (exact) mass is 359 g/mol. The molecule has 5 heteroatoms. The van der Waals surface area contributed by atoms with Crippen molar-refractivity contribution in [2.24, 2.45) is 0 Å². The maximum atomic E-state index is 12.0. The fourth-order valence-corrected chi connectivity index (χ4v) is 2.37. The minimum Gasteiger partial charge on any atom is -0.486 e. The number of benzene rings is 1. The number of fused-ring (bicyclic) bond motifs is 1. The summed E-state index contributed by atoms with van der Waals surface area (Å²) in [4.78, 5) is 16.1. The summed E-state index contributed by atoms with van der Waals surface area (Å²) in [5.41, 5.74) is 2.02. The number of nitrogens with zero attached hydrogens (tertiary/aromatic N) is 1. The lowest BCUT2D eigenvalue weighted by Gasteiger charge is -2.06. The molecule has 0 unspecified atom stereocenters. The van der Waals surface area contributed by atoms with Crippen LogP contribution in [-0.4, -0.2) is 16.9 Å². The maximum absolute atomic E-state index is 12.0. The second-order valence-corrected chi connectivity index (χ2v) is 5.58. The molecule has 3 rings (SSSR count). The predicted octanol–water partition coefficient (Wildman–Crippen LogP) is 4.02. The lowest BCUT2D eigenvalue weighted by molar-refractivity contribution is 0.303. The van der Waals surface area contributed by atoms with E-state index in [0.29, 0.717) is 12.2 Å². The second kappa shape index (κ2) is 6.75. The molecule has 2 heterocycles. The zero-order valence-corrected chi connectivity index (χ0v) is 13.4. The molecule has 2 aromatic heterocycles. The van der Waals surface area contributed by atoms with Crippen molar-refractivity contribution in [3.63, 3.8) is 0 Å². The summed E-state index contributed by atoms with van der Waals surface area (Å²) in [6.45, 7) is 0.481. The van der Waals surface area contributed by atoms with E-state index < -0.39 is 5.63 Å². The first-order valence-corrected chi connectivity index (χ1v) is 8.07. The van der Waals surface area contributed by atoms with E-state index in [1.165, 1.54) is 0 Å². The number of rotatable bonds is 5. The van der Waals surface area contributed by atoms with Crippen molar-refractivity contribution in [1.82, 2.24) is 4.98 Å². The summed E-state index contributed by atoms with van der Waals surface area (Å²) in [7, 11) is 0. The molecule has 0 aliphatic rings. The van der Waals surface area contributed by atoms with Gasteiger partial charge in [0.1, 0.15) is 5.58 Å². The van der Waals surface area contributed by atoms with Gasteiger partial charge >= 0.3 is 5.63 Å². The summed E-state index contributed by atoms with van der Waals surface area (Å²) in [6.07, 6.45) is 4.33. The van der Waals surface area contributed by atoms with Crippen molar-refractivity contribution in [2.45, 2.75) is 6.42 Å². The van der Waals surface area contributed by atoms with Crippen LogP contribution in [0.25, 0.3) is 22.1 Å². The van der Waals surface area contributed by atoms with Crippen LogP contribution >= 0.6 is 15.9 Å². The molecule has 1 aromatic carbocycles. The highest BCUT2D eigenvalue weighted by molar-refractivity contribution is 9.09. The Labute approximate surface area is 135 Å². The van der Waals surface area contributed by atoms with Crippen LogP contribution in [0, 0.1) is 0 Å². The van der Waals surface area contributed by atoms with Crippen LogP contribution in [0.15, 0.2) is 58.0 Å². The number of alkyl halides is 1. The fraction of sp³-hybridized carbons (Fsp3) is 0.176. The van der Waals surface area contributed by atoms with Crippen molar-refractivity contribution in [2.75, 3.05) is 11.9 Å². The Kier molecular flexibility index (Phi) is 4.53. The van der Waals surface area contributed by atoms with E-state index in [4.69, 9.17) is 9.15 Å². The number of aromatic nitrogens is 1. The molecule has 3 aromatic rings. The number of pyridine rings is 1. The Morgan fingerprint density at radius 3 is 2.86 bits per heavy atom. The number of halogens is 1. The molecule has 0 radical (unpaired) electrons. The van der Waals surface area contributed by atoms with Gasteiger partial charge in [-0.3, -0.25) is 4.98 Å². The van der Waals surface area contributed by atoms with Crippen molar-refractivity contribution >= 4 is 26.9 Å². The Balaban J connectivity index is 1.97. The first kappa shape index (κ1) is 14.8. The molecular weight excluding hydrogens is 346 g/mol. The molecule has 0 fully saturated rings. The third-order valence-electron chi connectivity index (χ3n) is 3.23. The van der Waals surface area contributed by atoms with Gasteiger partial charge in [-0.25, -0.2) is 4.79 Å². The van der Waals surface area contributed by atoms with Gasteiger partial charge in [-0.1, -0.05) is 34.1 Å². The predicted molar refractivity (Wildman–Crippen MR) is 89.6 cm³/mol. The summed E-state index contributed by atoms with van der Waals surface area (Å²) < 4.78 is 10.8. The summed E-state index contributed by atoms with van der Waals surface area (Å²) in [5, 5.41) is 1.67. The Bertz CT molecular complexity index is 830. The van der Waals surface area contributed by atoms with Crippen LogP contribution < -0.4 is 10.4 Å². The second-order valence-electron chi connectivity index (χ2n) is 4.78. The van der Waals surface area contributed by atoms with Gasteiger partial charge in [0.2, 0.25) is 5.75 Å². The highest BCUT2D eigenvalue weighted by Crippen LogP contribution is 2.24. The van der Waals surface area contributed by atoms with E-state index in [1.54, 1.807) is 18.5 Å². The van der Waals surface area contributed by atoms with E-state index in [-0.39, 0.29) is 5.75 Å². The Morgan fingerprint density at radius 2 is 2.09 bits per heavy atom. The van der Waals surface area contributed by atoms with Crippen LogP contribution in [0.3, 0.4) is 0 Å². The number of hydrogen-bond donors (Lipinski definition) is 0. The lowest BCUT2D eigenvalue weighted by atomic mass is 10.1. The van der Waals surface area contributed by atoms with E-state index in [2.05, 4.69) is 20.9 Å². The van der Waals surface area contributed by atoms with Gasteiger partial charge in [-0.2, -0.15) is 0 Å². The highest BCUT2D eigenvalue weighted by atomic mass is 79.9. The molecule has 22 heavy (non-hydrogen) atoms. The fourth-order valence-electron chi connectivity index (χ4n) is 2.14. The normalized spacial score (nSPS) is 10.8. The number of ether oxygens (including phenoxy) is 1. The van der Waals surface area contributed by atoms with Gasteiger partial charge in [-0.15, -0.1) is 0 Å². The molecule has 0 aliphatic carbocycles. The van der Waals surface area contributed by atoms with Gasteiger partial charge in [-0.05, 0) is 30.2 Å². The van der Waals surface area contributed by atoms with E-state index in [0.717, 1.165) is 28.3 Å². The van der Waals surface area contributed by atoms with Gasteiger partial charge in [0.05, 0.1) is 6.61 Å². The van der Waals surface area contributed by atoms with Crippen LogP contribution in [0.2, 0.25) is 0 Å². The van der Waals surface area contributed by atoms with Crippen LogP contribution in [0.4, 0.5) is 0 Å². The third-order valence-corrected chi connectivity index (χ3v) is 3.80. The molecule has 112 valence electrons. The zero-order valence-electron chi connectivity index (χ0n) is 11.8. The minimum atomic E-state index is -0.453. The largest absolute Gasteiger partial charge is 0.486 e. The quantitative estimate of drug-likeness (QED) is 0.392. The highest BCUT2D eigenvalue weighted by Gasteiger charge is 2.08. The molecule has 0 aliphatic heterocycles. The van der Waals surface area contributed by atoms with Crippen LogP contribution in [0.5, 0.6) is 5.75 Å².